The van der Waals surface area contributed by atoms with Crippen molar-refractivity contribution in [2.24, 2.45) is 0 Å². The fraction of sp³-hybridized carbons (Fsp3) is 0.312. The molecule has 0 radical (unpaired) electrons. The van der Waals surface area contributed by atoms with Crippen molar-refractivity contribution in [3.05, 3.63) is 36.0 Å². The lowest BCUT2D eigenvalue weighted by molar-refractivity contribution is 0.252. The number of carbonyl (C=O) groups is 1. The van der Waals surface area contributed by atoms with E-state index in [2.05, 4.69) is 26.1 Å². The van der Waals surface area contributed by atoms with E-state index in [0.717, 1.165) is 5.69 Å². The van der Waals surface area contributed by atoms with Gasteiger partial charge in [0.1, 0.15) is 17.3 Å². The van der Waals surface area contributed by atoms with Crippen molar-refractivity contribution in [2.75, 3.05) is 37.9 Å². The third-order valence-corrected chi connectivity index (χ3v) is 3.12. The predicted octanol–water partition coefficient (Wildman–Crippen LogP) is 2.04. The van der Waals surface area contributed by atoms with Crippen LogP contribution in [0.15, 0.2) is 30.3 Å². The summed E-state index contributed by atoms with van der Waals surface area (Å²) in [5.41, 5.74) is 1.44. The Labute approximate surface area is 140 Å². The Morgan fingerprint density at radius 3 is 2.33 bits per heavy atom. The number of anilines is 2. The molecule has 2 aromatic rings. The molecule has 3 N–H and O–H groups in total. The molecule has 0 saturated heterocycles. The summed E-state index contributed by atoms with van der Waals surface area (Å²) >= 11 is 0. The number of amides is 2. The minimum atomic E-state index is -0.318. The maximum absolute atomic E-state index is 11.9. The molecule has 0 spiro atoms. The molecule has 0 saturated carbocycles. The van der Waals surface area contributed by atoms with Crippen LogP contribution in [0.2, 0.25) is 0 Å². The second kappa shape index (κ2) is 8.56. The van der Waals surface area contributed by atoms with Crippen LogP contribution in [0.25, 0.3) is 0 Å². The average molecular weight is 331 g/mol. The van der Waals surface area contributed by atoms with Crippen LogP contribution in [0.5, 0.6) is 11.5 Å². The summed E-state index contributed by atoms with van der Waals surface area (Å²) in [6.07, 6.45) is 0. The Hall–Kier alpha value is -3.03. The maximum atomic E-state index is 11.9. The quantitative estimate of drug-likeness (QED) is 0.672. The smallest absolute Gasteiger partial charge is 0.319 e. The summed E-state index contributed by atoms with van der Waals surface area (Å²) < 4.78 is 10.3. The minimum absolute atomic E-state index is 0.318. The van der Waals surface area contributed by atoms with Crippen LogP contribution < -0.4 is 25.4 Å². The summed E-state index contributed by atoms with van der Waals surface area (Å²) in [4.78, 5) is 11.9. The van der Waals surface area contributed by atoms with Gasteiger partial charge < -0.3 is 25.4 Å². The average Bonchev–Trinajstić information content (AvgIpc) is 2.59. The highest BCUT2D eigenvalue weighted by atomic mass is 16.5. The Morgan fingerprint density at radius 1 is 1.04 bits per heavy atom. The third kappa shape index (κ3) is 5.31. The van der Waals surface area contributed by atoms with Crippen molar-refractivity contribution in [1.29, 1.82) is 0 Å². The second-order valence-electron chi connectivity index (χ2n) is 4.97. The first-order chi connectivity index (χ1) is 11.6. The van der Waals surface area contributed by atoms with E-state index < -0.39 is 0 Å². The number of hydrogen-bond donors (Lipinski definition) is 3. The summed E-state index contributed by atoms with van der Waals surface area (Å²) in [5, 5.41) is 16.5. The molecule has 0 aliphatic heterocycles. The summed E-state index contributed by atoms with van der Waals surface area (Å²) in [6.45, 7) is 2.84. The van der Waals surface area contributed by atoms with Gasteiger partial charge in [-0.2, -0.15) is 5.10 Å². The second-order valence-corrected chi connectivity index (χ2v) is 4.97. The molecule has 2 amide bonds. The van der Waals surface area contributed by atoms with E-state index in [1.165, 1.54) is 0 Å². The van der Waals surface area contributed by atoms with Gasteiger partial charge in [0.05, 0.1) is 19.9 Å². The van der Waals surface area contributed by atoms with E-state index in [9.17, 15) is 4.79 Å². The molecule has 8 nitrogen and oxygen atoms in total. The normalized spacial score (nSPS) is 9.96. The molecule has 0 aliphatic carbocycles. The lowest BCUT2D eigenvalue weighted by atomic mass is 10.3. The summed E-state index contributed by atoms with van der Waals surface area (Å²) in [7, 11) is 3.11. The Morgan fingerprint density at radius 2 is 1.75 bits per heavy atom. The highest BCUT2D eigenvalue weighted by molar-refractivity contribution is 5.89. The number of methoxy groups -OCH3 is 2. The number of hydrogen-bond acceptors (Lipinski definition) is 6. The standard InChI is InChI=1S/C16H21N5O3/c1-11-4-5-15(21-20-11)17-6-7-18-16(22)19-12-8-13(23-2)10-14(9-12)24-3/h4-5,8-10H,6-7H2,1-3H3,(H,17,21)(H2,18,19,22). The molecule has 128 valence electrons. The molecule has 1 aromatic heterocycles. The fourth-order valence-corrected chi connectivity index (χ4v) is 1.91. The molecule has 0 atom stereocenters. The lowest BCUT2D eigenvalue weighted by Gasteiger charge is -2.11. The number of nitrogens with one attached hydrogen (secondary N) is 3. The van der Waals surface area contributed by atoms with E-state index in [1.807, 2.05) is 19.1 Å². The number of ether oxygens (including phenoxy) is 2. The molecule has 0 aliphatic rings. The molecule has 8 heteroatoms. The number of carbonyl (C=O) groups excluding carboxylic acids is 1. The monoisotopic (exact) mass is 331 g/mol. The molecular weight excluding hydrogens is 310 g/mol. The van der Waals surface area contributed by atoms with Crippen molar-refractivity contribution in [3.63, 3.8) is 0 Å². The van der Waals surface area contributed by atoms with Crippen molar-refractivity contribution < 1.29 is 14.3 Å². The van der Waals surface area contributed by atoms with Crippen LogP contribution in [0.4, 0.5) is 16.3 Å². The van der Waals surface area contributed by atoms with Crippen molar-refractivity contribution >= 4 is 17.5 Å². The number of urea groups is 1. The van der Waals surface area contributed by atoms with Gasteiger partial charge in [-0.25, -0.2) is 4.79 Å². The number of aryl methyl sites for hydroxylation is 1. The van der Waals surface area contributed by atoms with Gasteiger partial charge in [-0.15, -0.1) is 5.10 Å². The Kier molecular flexibility index (Phi) is 6.18. The summed E-state index contributed by atoms with van der Waals surface area (Å²) in [6, 6.07) is 8.54. The summed E-state index contributed by atoms with van der Waals surface area (Å²) in [5.74, 6) is 1.87. The highest BCUT2D eigenvalue weighted by Crippen LogP contribution is 2.25. The van der Waals surface area contributed by atoms with Gasteiger partial charge in [-0.1, -0.05) is 0 Å². The van der Waals surface area contributed by atoms with Gasteiger partial charge in [0.25, 0.3) is 0 Å². The van der Waals surface area contributed by atoms with Crippen LogP contribution in [-0.2, 0) is 0 Å². The number of benzene rings is 1. The van der Waals surface area contributed by atoms with Crippen LogP contribution >= 0.6 is 0 Å². The van der Waals surface area contributed by atoms with Crippen LogP contribution in [-0.4, -0.2) is 43.5 Å². The molecule has 0 bridgehead atoms. The van der Waals surface area contributed by atoms with Gasteiger partial charge in [-0.3, -0.25) is 0 Å². The minimum Gasteiger partial charge on any atom is -0.497 e. The van der Waals surface area contributed by atoms with Gasteiger partial charge in [0.15, 0.2) is 0 Å². The van der Waals surface area contributed by atoms with Gasteiger partial charge in [0, 0.05) is 37.0 Å². The van der Waals surface area contributed by atoms with Crippen molar-refractivity contribution in [2.45, 2.75) is 6.92 Å². The Bertz CT molecular complexity index is 654. The molecular formula is C16H21N5O3. The van der Waals surface area contributed by atoms with Crippen LogP contribution in [0.3, 0.4) is 0 Å². The Balaban J connectivity index is 1.78. The first-order valence-corrected chi connectivity index (χ1v) is 7.43. The number of aromatic nitrogens is 2. The molecule has 24 heavy (non-hydrogen) atoms. The zero-order valence-electron chi connectivity index (χ0n) is 13.9. The van der Waals surface area contributed by atoms with Crippen LogP contribution in [0.1, 0.15) is 5.69 Å². The first kappa shape index (κ1) is 17.3. The largest absolute Gasteiger partial charge is 0.497 e. The lowest BCUT2D eigenvalue weighted by Crippen LogP contribution is -2.32. The molecule has 1 aromatic carbocycles. The molecule has 0 unspecified atom stereocenters. The highest BCUT2D eigenvalue weighted by Gasteiger charge is 2.05. The molecule has 0 fully saturated rings. The van der Waals surface area contributed by atoms with Gasteiger partial charge in [-0.05, 0) is 19.1 Å². The number of rotatable bonds is 7. The van der Waals surface area contributed by atoms with Gasteiger partial charge >= 0.3 is 6.03 Å². The maximum Gasteiger partial charge on any atom is 0.319 e. The van der Waals surface area contributed by atoms with Crippen LogP contribution in [0, 0.1) is 6.92 Å². The van der Waals surface area contributed by atoms with E-state index >= 15 is 0 Å². The first-order valence-electron chi connectivity index (χ1n) is 7.43. The van der Waals surface area contributed by atoms with E-state index in [4.69, 9.17) is 9.47 Å². The molecule has 1 heterocycles. The van der Waals surface area contributed by atoms with E-state index in [-0.39, 0.29) is 6.03 Å². The SMILES string of the molecule is COc1cc(NC(=O)NCCNc2ccc(C)nn2)cc(OC)c1. The molecule has 2 rings (SSSR count). The van der Waals surface area contributed by atoms with E-state index in [0.29, 0.717) is 36.1 Å². The fourth-order valence-electron chi connectivity index (χ4n) is 1.91. The van der Waals surface area contributed by atoms with Gasteiger partial charge in [0.2, 0.25) is 0 Å². The topological polar surface area (TPSA) is 97.4 Å². The predicted molar refractivity (Wildman–Crippen MR) is 91.8 cm³/mol. The number of nitrogens with zero attached hydrogens (tertiary/aromatic N) is 2. The van der Waals surface area contributed by atoms with Crippen molar-refractivity contribution in [3.8, 4) is 11.5 Å². The zero-order valence-corrected chi connectivity index (χ0v) is 13.9. The zero-order chi connectivity index (χ0) is 17.4. The van der Waals surface area contributed by atoms with E-state index in [1.54, 1.807) is 32.4 Å². The van der Waals surface area contributed by atoms with Crippen molar-refractivity contribution in [1.82, 2.24) is 15.5 Å². The third-order valence-electron chi connectivity index (χ3n) is 3.12.